The Hall–Kier alpha value is -2.56. The van der Waals surface area contributed by atoms with Gasteiger partial charge >= 0.3 is 0 Å². The molecule has 0 radical (unpaired) electrons. The molecule has 1 aliphatic rings. The van der Waals surface area contributed by atoms with Crippen LogP contribution in [0.2, 0.25) is 0 Å². The van der Waals surface area contributed by atoms with Crippen molar-refractivity contribution >= 4 is 57.8 Å². The number of nitrogens with two attached hydrogens (primary N) is 1. The second kappa shape index (κ2) is 10.4. The lowest BCUT2D eigenvalue weighted by molar-refractivity contribution is -0.110. The first kappa shape index (κ1) is 24.1. The first-order valence-corrected chi connectivity index (χ1v) is 11.6. The summed E-state index contributed by atoms with van der Waals surface area (Å²) >= 11 is 6.19. The quantitative estimate of drug-likeness (QED) is 0.209. The summed E-state index contributed by atoms with van der Waals surface area (Å²) in [6, 6.07) is 3.64. The van der Waals surface area contributed by atoms with E-state index in [9.17, 15) is 4.79 Å². The number of anilines is 3. The summed E-state index contributed by atoms with van der Waals surface area (Å²) in [4.78, 5) is 21.8. The molecule has 3 aromatic rings. The largest absolute Gasteiger partial charge is 0.494 e. The molecule has 0 spiro atoms. The number of nitrogens with zero attached hydrogens (tertiary/aromatic N) is 2. The lowest BCUT2D eigenvalue weighted by atomic mass is 9.97. The Morgan fingerprint density at radius 1 is 1.31 bits per heavy atom. The molecule has 10 heteroatoms. The van der Waals surface area contributed by atoms with E-state index in [1.165, 1.54) is 23.3 Å². The van der Waals surface area contributed by atoms with E-state index in [4.69, 9.17) is 15.6 Å². The Morgan fingerprint density at radius 3 is 2.72 bits per heavy atom. The lowest BCUT2D eigenvalue weighted by Crippen LogP contribution is -2.33. The summed E-state index contributed by atoms with van der Waals surface area (Å²) in [7, 11) is 1.63. The highest BCUT2D eigenvalue weighted by Gasteiger charge is 2.20. The van der Waals surface area contributed by atoms with E-state index >= 15 is 0 Å². The van der Waals surface area contributed by atoms with Crippen LogP contribution in [0.15, 0.2) is 23.4 Å². The molecule has 172 valence electrons. The number of benzene rings is 1. The van der Waals surface area contributed by atoms with E-state index in [1.54, 1.807) is 44.7 Å². The number of aryl methyl sites for hydroxylation is 2. The minimum Gasteiger partial charge on any atom is -0.494 e. The van der Waals surface area contributed by atoms with Crippen LogP contribution in [-0.4, -0.2) is 40.7 Å². The molecule has 1 amide bonds. The maximum atomic E-state index is 9.63. The van der Waals surface area contributed by atoms with Gasteiger partial charge in [-0.1, -0.05) is 0 Å². The van der Waals surface area contributed by atoms with Crippen LogP contribution in [0, 0.1) is 0 Å². The third-order valence-electron chi connectivity index (χ3n) is 4.97. The number of fused-ring (bicyclic) bond motifs is 3. The van der Waals surface area contributed by atoms with Gasteiger partial charge in [-0.3, -0.25) is 4.79 Å². The Kier molecular flexibility index (Phi) is 7.81. The molecule has 1 aliphatic carbocycles. The molecule has 0 bridgehead atoms. The smallest absolute Gasteiger partial charge is 0.207 e. The fraction of sp³-hybridized carbons (Fsp3) is 0.409. The van der Waals surface area contributed by atoms with Crippen molar-refractivity contribution in [3.63, 3.8) is 0 Å². The molecule has 8 nitrogen and oxygen atoms in total. The minimum atomic E-state index is -0.791. The van der Waals surface area contributed by atoms with Crippen LogP contribution >= 0.6 is 24.0 Å². The molecular formula is C22H29N5O3S2. The Balaban J connectivity index is 0.000000312. The number of hydrogen-bond acceptors (Lipinski definition) is 9. The lowest BCUT2D eigenvalue weighted by Gasteiger charge is -2.15. The number of amides is 1. The van der Waals surface area contributed by atoms with Gasteiger partial charge in [0.2, 0.25) is 6.41 Å². The van der Waals surface area contributed by atoms with Gasteiger partial charge in [0.15, 0.2) is 0 Å². The predicted octanol–water partition coefficient (Wildman–Crippen LogP) is 3.70. The van der Waals surface area contributed by atoms with Crippen LogP contribution in [0.3, 0.4) is 0 Å². The number of hydrogen-bond donors (Lipinski definition) is 5. The molecule has 2 aromatic heterocycles. The van der Waals surface area contributed by atoms with E-state index in [-0.39, 0.29) is 0 Å². The number of ether oxygens (including phenoxy) is 1. The zero-order chi connectivity index (χ0) is 23.3. The third-order valence-corrected chi connectivity index (χ3v) is 6.56. The van der Waals surface area contributed by atoms with Gasteiger partial charge < -0.3 is 26.2 Å². The zero-order valence-corrected chi connectivity index (χ0v) is 20.1. The monoisotopic (exact) mass is 475 g/mol. The number of methoxy groups -OCH3 is 1. The molecule has 0 aliphatic heterocycles. The third kappa shape index (κ3) is 5.81. The molecular weight excluding hydrogens is 446 g/mol. The maximum absolute atomic E-state index is 9.63. The molecule has 4 rings (SSSR count). The molecule has 0 saturated carbocycles. The second-order valence-electron chi connectivity index (χ2n) is 8.16. The number of rotatable bonds is 6. The van der Waals surface area contributed by atoms with Crippen LogP contribution in [0.5, 0.6) is 5.75 Å². The SMILES string of the molecule is CC(C)(O)CNC=O.COc1cc(N)c(S)cc1Nc1ncnc2sc3c(c12)CCCC3. The number of aromatic nitrogens is 2. The molecule has 0 atom stereocenters. The van der Waals surface area contributed by atoms with Crippen molar-refractivity contribution in [3.05, 3.63) is 28.9 Å². The standard InChI is InChI=1S/C17H18N4OS2.C5H11NO2/c1-22-12-6-10(18)13(23)7-11(12)21-16-15-9-4-2-3-5-14(9)24-17(15)20-8-19-16;1-5(2,8)3-6-4-7/h6-8,23H,2-5,18H2,1H3,(H,19,20,21);4,8H,3H2,1-2H3,(H,6,7). The van der Waals surface area contributed by atoms with Gasteiger partial charge in [-0.25, -0.2) is 9.97 Å². The molecule has 1 aromatic carbocycles. The number of thiol groups is 1. The summed E-state index contributed by atoms with van der Waals surface area (Å²) in [5, 5.41) is 15.8. The van der Waals surface area contributed by atoms with Crippen LogP contribution in [-0.2, 0) is 17.6 Å². The second-order valence-corrected chi connectivity index (χ2v) is 9.73. The molecule has 0 saturated heterocycles. The Labute approximate surface area is 197 Å². The number of aliphatic hydroxyl groups is 1. The van der Waals surface area contributed by atoms with Crippen LogP contribution in [0.4, 0.5) is 17.2 Å². The highest BCUT2D eigenvalue weighted by atomic mass is 32.1. The van der Waals surface area contributed by atoms with Crippen LogP contribution in [0.1, 0.15) is 37.1 Å². The Bertz CT molecular complexity index is 1100. The van der Waals surface area contributed by atoms with E-state index in [0.29, 0.717) is 29.3 Å². The summed E-state index contributed by atoms with van der Waals surface area (Å²) in [6.45, 7) is 3.56. The highest BCUT2D eigenvalue weighted by Crippen LogP contribution is 2.40. The zero-order valence-electron chi connectivity index (χ0n) is 18.4. The molecule has 0 fully saturated rings. The van der Waals surface area contributed by atoms with Gasteiger partial charge in [-0.05, 0) is 51.2 Å². The predicted molar refractivity (Wildman–Crippen MR) is 132 cm³/mol. The van der Waals surface area contributed by atoms with E-state index < -0.39 is 5.60 Å². The fourth-order valence-electron chi connectivity index (χ4n) is 3.45. The Morgan fingerprint density at radius 2 is 2.06 bits per heavy atom. The van der Waals surface area contributed by atoms with Crippen molar-refractivity contribution in [3.8, 4) is 5.75 Å². The van der Waals surface area contributed by atoms with Gasteiger partial charge in [0, 0.05) is 28.1 Å². The van der Waals surface area contributed by atoms with Crippen molar-refractivity contribution in [1.82, 2.24) is 15.3 Å². The van der Waals surface area contributed by atoms with Crippen molar-refractivity contribution in [2.45, 2.75) is 50.0 Å². The van der Waals surface area contributed by atoms with Gasteiger partial charge in [0.05, 0.1) is 23.8 Å². The van der Waals surface area contributed by atoms with Crippen LogP contribution in [0.25, 0.3) is 10.2 Å². The van der Waals surface area contributed by atoms with Gasteiger partial charge in [0.1, 0.15) is 22.7 Å². The topological polar surface area (TPSA) is 122 Å². The summed E-state index contributed by atoms with van der Waals surface area (Å²) in [5.74, 6) is 1.48. The van der Waals surface area contributed by atoms with Crippen LogP contribution < -0.4 is 21.1 Å². The van der Waals surface area contributed by atoms with E-state index in [0.717, 1.165) is 34.6 Å². The van der Waals surface area contributed by atoms with Crippen molar-refractivity contribution < 1.29 is 14.6 Å². The van der Waals surface area contributed by atoms with E-state index in [2.05, 4.69) is 33.2 Å². The molecule has 32 heavy (non-hydrogen) atoms. The summed E-state index contributed by atoms with van der Waals surface area (Å²) < 4.78 is 5.44. The molecule has 0 unspecified atom stereocenters. The van der Waals surface area contributed by atoms with Crippen molar-refractivity contribution in [2.24, 2.45) is 0 Å². The van der Waals surface area contributed by atoms with Gasteiger partial charge in [-0.15, -0.1) is 24.0 Å². The molecule has 2 heterocycles. The van der Waals surface area contributed by atoms with E-state index in [1.807, 2.05) is 6.07 Å². The first-order chi connectivity index (χ1) is 15.2. The number of nitrogen functional groups attached to an aromatic ring is 1. The van der Waals surface area contributed by atoms with Crippen molar-refractivity contribution in [2.75, 3.05) is 24.7 Å². The first-order valence-electron chi connectivity index (χ1n) is 10.3. The van der Waals surface area contributed by atoms with Crippen molar-refractivity contribution in [1.29, 1.82) is 0 Å². The molecule has 5 N–H and O–H groups in total. The number of carbonyl (C=O) groups is 1. The fourth-order valence-corrected chi connectivity index (χ4v) is 4.88. The number of carbonyl (C=O) groups excluding carboxylic acids is 1. The maximum Gasteiger partial charge on any atom is 0.207 e. The summed E-state index contributed by atoms with van der Waals surface area (Å²) in [6.07, 6.45) is 6.88. The minimum absolute atomic E-state index is 0.302. The summed E-state index contributed by atoms with van der Waals surface area (Å²) in [5.41, 5.74) is 7.90. The van der Waals surface area contributed by atoms with Gasteiger partial charge in [0.25, 0.3) is 0 Å². The average molecular weight is 476 g/mol. The van der Waals surface area contributed by atoms with Gasteiger partial charge in [-0.2, -0.15) is 0 Å². The normalized spacial score (nSPS) is 13.0. The average Bonchev–Trinajstić information content (AvgIpc) is 3.14. The highest BCUT2D eigenvalue weighted by molar-refractivity contribution is 7.80. The number of nitrogens with one attached hydrogen (secondary N) is 2. The number of thiophene rings is 1.